The summed E-state index contributed by atoms with van der Waals surface area (Å²) in [5.41, 5.74) is 0.0314. The molecule has 1 aromatic rings. The van der Waals surface area contributed by atoms with Crippen LogP contribution in [0.3, 0.4) is 0 Å². The SMILES string of the molecule is CCN(CC)CCCS(=O)c1ccc([N+](=O)[O-])cc1.Cl. The quantitative estimate of drug-likeness (QED) is 0.546. The molecule has 0 radical (unpaired) electrons. The Hall–Kier alpha value is -0.980. The topological polar surface area (TPSA) is 63.5 Å². The second-order valence-electron chi connectivity index (χ2n) is 4.18. The molecule has 0 heterocycles. The van der Waals surface area contributed by atoms with Crippen molar-refractivity contribution < 1.29 is 9.13 Å². The number of hydrogen-bond acceptors (Lipinski definition) is 4. The number of rotatable bonds is 8. The molecule has 1 rings (SSSR count). The number of non-ortho nitro benzene ring substituents is 1. The van der Waals surface area contributed by atoms with Crippen LogP contribution in [0.2, 0.25) is 0 Å². The number of benzene rings is 1. The van der Waals surface area contributed by atoms with Crippen LogP contribution in [-0.4, -0.2) is 39.4 Å². The molecule has 0 amide bonds. The van der Waals surface area contributed by atoms with Gasteiger partial charge in [0.1, 0.15) is 0 Å². The largest absolute Gasteiger partial charge is 0.304 e. The van der Waals surface area contributed by atoms with Crippen molar-refractivity contribution in [1.29, 1.82) is 0 Å². The van der Waals surface area contributed by atoms with Crippen LogP contribution in [0.5, 0.6) is 0 Å². The third kappa shape index (κ3) is 5.98. The second kappa shape index (κ2) is 9.85. The maximum atomic E-state index is 12.0. The van der Waals surface area contributed by atoms with Gasteiger partial charge in [-0.3, -0.25) is 14.3 Å². The first-order valence-corrected chi connectivity index (χ1v) is 7.75. The van der Waals surface area contributed by atoms with E-state index < -0.39 is 15.7 Å². The highest BCUT2D eigenvalue weighted by Crippen LogP contribution is 2.15. The van der Waals surface area contributed by atoms with Gasteiger partial charge in [0.05, 0.1) is 15.7 Å². The van der Waals surface area contributed by atoms with Gasteiger partial charge in [-0.25, -0.2) is 0 Å². The van der Waals surface area contributed by atoms with Crippen LogP contribution in [0.1, 0.15) is 20.3 Å². The highest BCUT2D eigenvalue weighted by molar-refractivity contribution is 7.85. The van der Waals surface area contributed by atoms with Gasteiger partial charge in [0, 0.05) is 22.8 Å². The van der Waals surface area contributed by atoms with E-state index >= 15 is 0 Å². The molecule has 0 aromatic heterocycles. The van der Waals surface area contributed by atoms with E-state index in [2.05, 4.69) is 18.7 Å². The summed E-state index contributed by atoms with van der Waals surface area (Å²) in [6, 6.07) is 5.95. The summed E-state index contributed by atoms with van der Waals surface area (Å²) < 4.78 is 12.0. The van der Waals surface area contributed by atoms with E-state index in [1.54, 1.807) is 12.1 Å². The minimum Gasteiger partial charge on any atom is -0.304 e. The van der Waals surface area contributed by atoms with Crippen LogP contribution >= 0.6 is 12.4 Å². The Morgan fingerprint density at radius 1 is 1.20 bits per heavy atom. The molecule has 0 spiro atoms. The lowest BCUT2D eigenvalue weighted by Crippen LogP contribution is -2.25. The van der Waals surface area contributed by atoms with Gasteiger partial charge in [0.15, 0.2) is 0 Å². The predicted molar refractivity (Wildman–Crippen MR) is 84.0 cm³/mol. The molecule has 1 aromatic carbocycles. The first-order valence-electron chi connectivity index (χ1n) is 6.43. The van der Waals surface area contributed by atoms with Crippen LogP contribution in [0.25, 0.3) is 0 Å². The normalized spacial score (nSPS) is 11.9. The molecule has 7 heteroatoms. The summed E-state index contributed by atoms with van der Waals surface area (Å²) in [7, 11) is -1.07. The molecule has 114 valence electrons. The summed E-state index contributed by atoms with van der Waals surface area (Å²) in [4.78, 5) is 13.0. The lowest BCUT2D eigenvalue weighted by atomic mass is 10.3. The third-order valence-corrected chi connectivity index (χ3v) is 4.47. The molecule has 5 nitrogen and oxygen atoms in total. The standard InChI is InChI=1S/C13H20N2O3S.ClH/c1-3-14(4-2)10-5-11-19(18)13-8-6-12(7-9-13)15(16)17;/h6-9H,3-5,10-11H2,1-2H3;1H. The van der Waals surface area contributed by atoms with Crippen LogP contribution in [0.15, 0.2) is 29.2 Å². The summed E-state index contributed by atoms with van der Waals surface area (Å²) in [6.07, 6.45) is 0.866. The monoisotopic (exact) mass is 320 g/mol. The van der Waals surface area contributed by atoms with Gasteiger partial charge in [-0.15, -0.1) is 12.4 Å². The van der Waals surface area contributed by atoms with Gasteiger partial charge in [0.25, 0.3) is 5.69 Å². The first kappa shape index (κ1) is 19.0. The van der Waals surface area contributed by atoms with E-state index in [1.807, 2.05) is 0 Å². The zero-order valence-electron chi connectivity index (χ0n) is 11.8. The fourth-order valence-corrected chi connectivity index (χ4v) is 2.86. The average molecular weight is 321 g/mol. The molecular formula is C13H21ClN2O3S. The molecule has 0 N–H and O–H groups in total. The van der Waals surface area contributed by atoms with E-state index in [4.69, 9.17) is 0 Å². The maximum Gasteiger partial charge on any atom is 0.269 e. The van der Waals surface area contributed by atoms with Crippen LogP contribution in [0.4, 0.5) is 5.69 Å². The smallest absolute Gasteiger partial charge is 0.269 e. The first-order chi connectivity index (χ1) is 9.08. The second-order valence-corrected chi connectivity index (χ2v) is 5.75. The third-order valence-electron chi connectivity index (χ3n) is 3.01. The van der Waals surface area contributed by atoms with Crippen molar-refractivity contribution in [2.24, 2.45) is 0 Å². The van der Waals surface area contributed by atoms with Crippen LogP contribution in [-0.2, 0) is 10.8 Å². The van der Waals surface area contributed by atoms with Crippen molar-refractivity contribution in [3.8, 4) is 0 Å². The molecule has 0 aliphatic carbocycles. The zero-order valence-corrected chi connectivity index (χ0v) is 13.4. The summed E-state index contributed by atoms with van der Waals surface area (Å²) in [5.74, 6) is 0.592. The van der Waals surface area contributed by atoms with Gasteiger partial charge in [-0.1, -0.05) is 13.8 Å². The Balaban J connectivity index is 0.00000361. The Bertz CT molecular complexity index is 436. The van der Waals surface area contributed by atoms with Crippen molar-refractivity contribution in [1.82, 2.24) is 4.90 Å². The van der Waals surface area contributed by atoms with Crippen molar-refractivity contribution in [3.05, 3.63) is 34.4 Å². The van der Waals surface area contributed by atoms with Crippen LogP contribution < -0.4 is 0 Å². The molecule has 0 bridgehead atoms. The zero-order chi connectivity index (χ0) is 14.3. The van der Waals surface area contributed by atoms with E-state index in [9.17, 15) is 14.3 Å². The summed E-state index contributed by atoms with van der Waals surface area (Å²) >= 11 is 0. The Morgan fingerprint density at radius 3 is 2.20 bits per heavy atom. The summed E-state index contributed by atoms with van der Waals surface area (Å²) in [5, 5.41) is 10.5. The van der Waals surface area contributed by atoms with E-state index in [0.29, 0.717) is 10.6 Å². The highest BCUT2D eigenvalue weighted by atomic mass is 35.5. The van der Waals surface area contributed by atoms with Crippen molar-refractivity contribution in [2.75, 3.05) is 25.4 Å². The molecule has 0 aliphatic rings. The predicted octanol–water partition coefficient (Wildman–Crippen LogP) is 2.86. The van der Waals surface area contributed by atoms with E-state index in [0.717, 1.165) is 26.1 Å². The van der Waals surface area contributed by atoms with Crippen molar-refractivity contribution >= 4 is 28.9 Å². The Morgan fingerprint density at radius 2 is 1.75 bits per heavy atom. The van der Waals surface area contributed by atoms with Crippen molar-refractivity contribution in [2.45, 2.75) is 25.2 Å². The molecule has 0 saturated carbocycles. The molecule has 0 aliphatic heterocycles. The molecule has 0 saturated heterocycles. The molecule has 0 fully saturated rings. The van der Waals surface area contributed by atoms with Crippen molar-refractivity contribution in [3.63, 3.8) is 0 Å². The van der Waals surface area contributed by atoms with Gasteiger partial charge in [0.2, 0.25) is 0 Å². The number of nitro groups is 1. The lowest BCUT2D eigenvalue weighted by molar-refractivity contribution is -0.384. The average Bonchev–Trinajstić information content (AvgIpc) is 2.43. The minimum atomic E-state index is -1.07. The molecule has 20 heavy (non-hydrogen) atoms. The fraction of sp³-hybridized carbons (Fsp3) is 0.538. The van der Waals surface area contributed by atoms with Gasteiger partial charge in [-0.05, 0) is 38.2 Å². The van der Waals surface area contributed by atoms with Gasteiger partial charge < -0.3 is 4.90 Å². The van der Waals surface area contributed by atoms with Gasteiger partial charge in [-0.2, -0.15) is 0 Å². The maximum absolute atomic E-state index is 12.0. The fourth-order valence-electron chi connectivity index (χ4n) is 1.80. The van der Waals surface area contributed by atoms with Gasteiger partial charge >= 0.3 is 0 Å². The molecule has 1 unspecified atom stereocenters. The number of hydrogen-bond donors (Lipinski definition) is 0. The van der Waals surface area contributed by atoms with E-state index in [1.165, 1.54) is 12.1 Å². The Labute approximate surface area is 128 Å². The number of nitrogens with zero attached hydrogens (tertiary/aromatic N) is 2. The molecular weight excluding hydrogens is 300 g/mol. The summed E-state index contributed by atoms with van der Waals surface area (Å²) in [6.45, 7) is 7.15. The number of nitro benzene ring substituents is 1. The molecule has 1 atom stereocenters. The Kier molecular flexibility index (Phi) is 9.37. The highest BCUT2D eigenvalue weighted by Gasteiger charge is 2.08. The minimum absolute atomic E-state index is 0. The van der Waals surface area contributed by atoms with Crippen LogP contribution in [0, 0.1) is 10.1 Å². The van der Waals surface area contributed by atoms with E-state index in [-0.39, 0.29) is 18.1 Å². The lowest BCUT2D eigenvalue weighted by Gasteiger charge is -2.17. The number of halogens is 1.